The summed E-state index contributed by atoms with van der Waals surface area (Å²) >= 11 is 11.3. The van der Waals surface area contributed by atoms with E-state index >= 15 is 0 Å². The van der Waals surface area contributed by atoms with E-state index in [1.54, 1.807) is 24.5 Å². The third-order valence-corrected chi connectivity index (χ3v) is 3.62. The Kier molecular flexibility index (Phi) is 4.80. The number of nitrogens with zero attached hydrogens (tertiary/aromatic N) is 1. The van der Waals surface area contributed by atoms with Crippen molar-refractivity contribution in [3.8, 4) is 0 Å². The van der Waals surface area contributed by atoms with Crippen LogP contribution in [-0.2, 0) is 5.41 Å². The van der Waals surface area contributed by atoms with E-state index in [0.717, 1.165) is 0 Å². The Labute approximate surface area is 133 Å². The minimum Gasteiger partial charge on any atom is -0.362 e. The fourth-order valence-electron chi connectivity index (χ4n) is 2.02. The molecular weight excluding hydrogens is 311 g/mol. The Hall–Kier alpha value is -1.66. The van der Waals surface area contributed by atoms with Crippen LogP contribution in [0.4, 0.5) is 10.3 Å². The van der Waals surface area contributed by atoms with E-state index in [-0.39, 0.29) is 5.82 Å². The second kappa shape index (κ2) is 6.41. The molecule has 3 N–H and O–H groups in total. The highest BCUT2D eigenvalue weighted by molar-refractivity contribution is 7.80. The van der Waals surface area contributed by atoms with Gasteiger partial charge in [-0.1, -0.05) is 31.5 Å². The normalized spacial score (nSPS) is 11.2. The molecule has 0 spiro atoms. The molecule has 0 saturated carbocycles. The second-order valence-corrected chi connectivity index (χ2v) is 6.04. The van der Waals surface area contributed by atoms with Gasteiger partial charge in [0.05, 0.1) is 0 Å². The number of hydrogen-bond acceptors (Lipinski definition) is 2. The van der Waals surface area contributed by atoms with Crippen molar-refractivity contribution in [3.63, 3.8) is 0 Å². The molecule has 21 heavy (non-hydrogen) atoms. The molecule has 1 heterocycles. The zero-order valence-electron chi connectivity index (χ0n) is 11.7. The molecule has 0 aliphatic carbocycles. The molecule has 1 aromatic heterocycles. The maximum absolute atomic E-state index is 14.0. The first-order valence-corrected chi connectivity index (χ1v) is 7.17. The largest absolute Gasteiger partial charge is 0.362 e. The van der Waals surface area contributed by atoms with Gasteiger partial charge in [-0.25, -0.2) is 9.37 Å². The van der Waals surface area contributed by atoms with E-state index in [2.05, 4.69) is 20.6 Å². The van der Waals surface area contributed by atoms with Gasteiger partial charge in [-0.15, -0.1) is 0 Å². The molecule has 2 aromatic rings. The summed E-state index contributed by atoms with van der Waals surface area (Å²) in [6, 6.07) is 4.68. The summed E-state index contributed by atoms with van der Waals surface area (Å²) in [6.45, 7) is 4.24. The molecule has 0 saturated heterocycles. The lowest BCUT2D eigenvalue weighted by atomic mass is 9.84. The van der Waals surface area contributed by atoms with Crippen molar-refractivity contribution in [1.29, 1.82) is 0 Å². The first-order valence-electron chi connectivity index (χ1n) is 6.39. The van der Waals surface area contributed by atoms with Crippen LogP contribution in [0.1, 0.15) is 19.4 Å². The Balaban J connectivity index is 2.02. The van der Waals surface area contributed by atoms with Crippen molar-refractivity contribution in [2.24, 2.45) is 0 Å². The predicted octanol–water partition coefficient (Wildman–Crippen LogP) is 3.47. The SMILES string of the molecule is CC(C)(CNC(=S)Nc1ncc[nH]1)c1c(F)cccc1Cl. The van der Waals surface area contributed by atoms with Gasteiger partial charge in [0.2, 0.25) is 5.95 Å². The third kappa shape index (κ3) is 3.92. The summed E-state index contributed by atoms with van der Waals surface area (Å²) in [5.41, 5.74) is -0.0443. The number of imidazole rings is 1. The molecule has 2 rings (SSSR count). The molecule has 0 amide bonds. The van der Waals surface area contributed by atoms with Crippen LogP contribution < -0.4 is 10.6 Å². The van der Waals surface area contributed by atoms with Crippen molar-refractivity contribution >= 4 is 34.9 Å². The number of H-pyrrole nitrogens is 1. The minimum atomic E-state index is -0.517. The molecule has 0 atom stereocenters. The Morgan fingerprint density at radius 1 is 1.48 bits per heavy atom. The summed E-state index contributed by atoms with van der Waals surface area (Å²) in [5, 5.41) is 6.77. The van der Waals surface area contributed by atoms with Gasteiger partial charge in [-0.2, -0.15) is 0 Å². The Bertz CT molecular complexity index is 608. The summed E-state index contributed by atoms with van der Waals surface area (Å²) in [6.07, 6.45) is 3.31. The van der Waals surface area contributed by atoms with Crippen molar-refractivity contribution in [3.05, 3.63) is 47.0 Å². The van der Waals surface area contributed by atoms with Gasteiger partial charge >= 0.3 is 0 Å². The molecule has 0 aliphatic rings. The summed E-state index contributed by atoms with van der Waals surface area (Å²) in [7, 11) is 0. The van der Waals surface area contributed by atoms with Crippen LogP contribution in [-0.4, -0.2) is 21.6 Å². The number of aromatic nitrogens is 2. The van der Waals surface area contributed by atoms with Crippen LogP contribution in [0.2, 0.25) is 5.02 Å². The average molecular weight is 327 g/mol. The van der Waals surface area contributed by atoms with E-state index in [0.29, 0.717) is 28.2 Å². The number of hydrogen-bond donors (Lipinski definition) is 3. The number of nitrogens with one attached hydrogen (secondary N) is 3. The average Bonchev–Trinajstić information content (AvgIpc) is 2.89. The van der Waals surface area contributed by atoms with Gasteiger partial charge in [-0.05, 0) is 24.4 Å². The quantitative estimate of drug-likeness (QED) is 0.753. The van der Waals surface area contributed by atoms with E-state index in [9.17, 15) is 4.39 Å². The maximum Gasteiger partial charge on any atom is 0.206 e. The molecule has 0 bridgehead atoms. The van der Waals surface area contributed by atoms with Crippen LogP contribution in [0.15, 0.2) is 30.6 Å². The summed E-state index contributed by atoms with van der Waals surface area (Å²) in [4.78, 5) is 6.90. The number of thiocarbonyl (C=S) groups is 1. The zero-order chi connectivity index (χ0) is 15.5. The molecule has 0 unspecified atom stereocenters. The van der Waals surface area contributed by atoms with E-state index in [4.69, 9.17) is 23.8 Å². The Morgan fingerprint density at radius 3 is 2.86 bits per heavy atom. The van der Waals surface area contributed by atoms with Crippen molar-refractivity contribution < 1.29 is 4.39 Å². The third-order valence-electron chi connectivity index (χ3n) is 3.06. The summed E-state index contributed by atoms with van der Waals surface area (Å²) in [5.74, 6) is 0.230. The standard InChI is InChI=1S/C14H16ClFN4S/c1-14(2,11-9(15)4-3-5-10(11)16)8-19-13(21)20-12-17-6-7-18-12/h3-7H,8H2,1-2H3,(H3,17,18,19,20,21). The number of anilines is 1. The molecule has 7 heteroatoms. The number of benzene rings is 1. The molecule has 0 aliphatic heterocycles. The smallest absolute Gasteiger partial charge is 0.206 e. The Morgan fingerprint density at radius 2 is 2.24 bits per heavy atom. The van der Waals surface area contributed by atoms with Crippen LogP contribution in [0, 0.1) is 5.82 Å². The van der Waals surface area contributed by atoms with Gasteiger partial charge in [-0.3, -0.25) is 0 Å². The topological polar surface area (TPSA) is 52.7 Å². The van der Waals surface area contributed by atoms with Gasteiger partial charge in [0.1, 0.15) is 5.82 Å². The van der Waals surface area contributed by atoms with Crippen molar-refractivity contribution in [1.82, 2.24) is 15.3 Å². The highest BCUT2D eigenvalue weighted by Gasteiger charge is 2.27. The van der Waals surface area contributed by atoms with Crippen LogP contribution in [0.3, 0.4) is 0 Å². The fraction of sp³-hybridized carbons (Fsp3) is 0.286. The van der Waals surface area contributed by atoms with E-state index in [1.807, 2.05) is 13.8 Å². The lowest BCUT2D eigenvalue weighted by molar-refractivity contribution is 0.477. The van der Waals surface area contributed by atoms with Crippen molar-refractivity contribution in [2.45, 2.75) is 19.3 Å². The van der Waals surface area contributed by atoms with E-state index < -0.39 is 5.41 Å². The van der Waals surface area contributed by atoms with Gasteiger partial charge < -0.3 is 15.6 Å². The van der Waals surface area contributed by atoms with Crippen LogP contribution in [0.5, 0.6) is 0 Å². The van der Waals surface area contributed by atoms with Gasteiger partial charge in [0, 0.05) is 34.9 Å². The van der Waals surface area contributed by atoms with Gasteiger partial charge in [0.15, 0.2) is 5.11 Å². The highest BCUT2D eigenvalue weighted by Crippen LogP contribution is 2.31. The predicted molar refractivity (Wildman–Crippen MR) is 87.2 cm³/mol. The zero-order valence-corrected chi connectivity index (χ0v) is 13.3. The lowest BCUT2D eigenvalue weighted by Crippen LogP contribution is -2.39. The van der Waals surface area contributed by atoms with E-state index in [1.165, 1.54) is 6.07 Å². The molecule has 112 valence electrons. The number of halogens is 2. The lowest BCUT2D eigenvalue weighted by Gasteiger charge is -2.27. The maximum atomic E-state index is 14.0. The molecule has 4 nitrogen and oxygen atoms in total. The first-order chi connectivity index (χ1) is 9.90. The fourth-order valence-corrected chi connectivity index (χ4v) is 2.61. The van der Waals surface area contributed by atoms with Crippen molar-refractivity contribution in [2.75, 3.05) is 11.9 Å². The molecule has 0 radical (unpaired) electrons. The molecule has 1 aromatic carbocycles. The van der Waals surface area contributed by atoms with Crippen LogP contribution in [0.25, 0.3) is 0 Å². The monoisotopic (exact) mass is 326 g/mol. The van der Waals surface area contributed by atoms with Crippen LogP contribution >= 0.6 is 23.8 Å². The number of rotatable bonds is 4. The molecular formula is C14H16ClFN4S. The second-order valence-electron chi connectivity index (χ2n) is 5.23. The first kappa shape index (κ1) is 15.7. The number of aromatic amines is 1. The minimum absolute atomic E-state index is 0.320. The molecule has 0 fully saturated rings. The van der Waals surface area contributed by atoms with Gasteiger partial charge in [0.25, 0.3) is 0 Å². The summed E-state index contributed by atoms with van der Waals surface area (Å²) < 4.78 is 14.0. The highest BCUT2D eigenvalue weighted by atomic mass is 35.5.